The Hall–Kier alpha value is -2.18. The molecule has 1 aliphatic heterocycles. The molecule has 3 N–H and O–H groups in total. The van der Waals surface area contributed by atoms with Gasteiger partial charge in [-0.3, -0.25) is 4.90 Å². The number of aromatic nitrogens is 1. The Bertz CT molecular complexity index is 755. The van der Waals surface area contributed by atoms with Crippen molar-refractivity contribution in [3.05, 3.63) is 54.0 Å². The van der Waals surface area contributed by atoms with Crippen molar-refractivity contribution in [3.8, 4) is 5.75 Å². The van der Waals surface area contributed by atoms with Crippen molar-refractivity contribution < 1.29 is 14.2 Å². The Morgan fingerprint density at radius 3 is 2.62 bits per heavy atom. The van der Waals surface area contributed by atoms with Crippen molar-refractivity contribution in [3.63, 3.8) is 0 Å². The van der Waals surface area contributed by atoms with E-state index in [9.17, 15) is 9.50 Å². The van der Waals surface area contributed by atoms with Crippen molar-refractivity contribution in [2.24, 2.45) is 11.8 Å². The molecule has 2 aliphatic rings. The van der Waals surface area contributed by atoms with Gasteiger partial charge in [0.05, 0.1) is 6.10 Å². The van der Waals surface area contributed by atoms with Crippen LogP contribution in [0.25, 0.3) is 0 Å². The molecule has 5 nitrogen and oxygen atoms in total. The minimum atomic E-state index is -0.496. The van der Waals surface area contributed by atoms with Crippen LogP contribution in [0.4, 0.5) is 10.2 Å². The van der Waals surface area contributed by atoms with E-state index in [1.54, 1.807) is 18.3 Å². The van der Waals surface area contributed by atoms with E-state index in [-0.39, 0.29) is 11.9 Å². The molecule has 2 aromatic rings. The molecule has 1 aromatic carbocycles. The molecule has 0 amide bonds. The summed E-state index contributed by atoms with van der Waals surface area (Å²) in [6, 6.07) is 9.90. The van der Waals surface area contributed by atoms with Gasteiger partial charge in [-0.1, -0.05) is 6.07 Å². The number of rotatable bonds is 4. The number of anilines is 1. The molecule has 1 saturated carbocycles. The van der Waals surface area contributed by atoms with Crippen LogP contribution in [0.2, 0.25) is 0 Å². The zero-order valence-electron chi connectivity index (χ0n) is 14.6. The predicted octanol–water partition coefficient (Wildman–Crippen LogP) is 2.45. The van der Waals surface area contributed by atoms with E-state index >= 15 is 0 Å². The maximum atomic E-state index is 13.0. The predicted molar refractivity (Wildman–Crippen MR) is 97.0 cm³/mol. The average Bonchev–Trinajstić information content (AvgIpc) is 3.00. The number of aliphatic hydroxyl groups excluding tert-OH is 1. The molecule has 6 heteroatoms. The zero-order valence-corrected chi connectivity index (χ0v) is 14.6. The third kappa shape index (κ3) is 3.66. The van der Waals surface area contributed by atoms with Crippen LogP contribution < -0.4 is 10.5 Å². The molecule has 0 radical (unpaired) electrons. The van der Waals surface area contributed by atoms with Gasteiger partial charge in [0.15, 0.2) is 0 Å². The second-order valence-corrected chi connectivity index (χ2v) is 7.41. The number of nitrogens with zero attached hydrogens (tertiary/aromatic N) is 2. The number of pyridine rings is 1. The molecule has 1 saturated heterocycles. The minimum absolute atomic E-state index is 0.245. The van der Waals surface area contributed by atoms with Crippen LogP contribution in [0.15, 0.2) is 42.6 Å². The Labute approximate surface area is 152 Å². The number of ether oxygens (including phenoxy) is 1. The van der Waals surface area contributed by atoms with Crippen molar-refractivity contribution in [2.45, 2.75) is 31.6 Å². The van der Waals surface area contributed by atoms with E-state index < -0.39 is 6.10 Å². The van der Waals surface area contributed by atoms with Gasteiger partial charge in [0.1, 0.15) is 23.5 Å². The molecule has 4 atom stereocenters. The molecule has 0 spiro atoms. The van der Waals surface area contributed by atoms with Gasteiger partial charge in [-0.2, -0.15) is 0 Å². The lowest BCUT2D eigenvalue weighted by Crippen LogP contribution is -2.42. The first-order valence-electron chi connectivity index (χ1n) is 9.10. The lowest BCUT2D eigenvalue weighted by Gasteiger charge is -2.35. The van der Waals surface area contributed by atoms with Crippen molar-refractivity contribution in [1.29, 1.82) is 0 Å². The second-order valence-electron chi connectivity index (χ2n) is 7.41. The van der Waals surface area contributed by atoms with Crippen LogP contribution in [0.1, 0.15) is 18.4 Å². The van der Waals surface area contributed by atoms with E-state index in [0.717, 1.165) is 38.0 Å². The molecular weight excluding hydrogens is 333 g/mol. The Balaban J connectivity index is 1.38. The normalized spacial score (nSPS) is 28.7. The van der Waals surface area contributed by atoms with Crippen molar-refractivity contribution >= 4 is 5.82 Å². The van der Waals surface area contributed by atoms with E-state index in [1.165, 1.54) is 12.1 Å². The largest absolute Gasteiger partial charge is 0.488 e. The standard InChI is InChI=1S/C20H24FN3O2/c21-16-3-5-17(6-4-16)26-19-9-15-12-24(11-14(15)8-18(19)25)10-13-2-1-7-23-20(13)22/h1-7,14-15,18-19,25H,8-12H2,(H2,22,23)/t14-,15+,18+,19+/m0/s1. The molecule has 1 aliphatic carbocycles. The fraction of sp³-hybridized carbons (Fsp3) is 0.450. The third-order valence-electron chi connectivity index (χ3n) is 5.58. The first-order valence-corrected chi connectivity index (χ1v) is 9.10. The third-order valence-corrected chi connectivity index (χ3v) is 5.58. The molecule has 0 unspecified atom stereocenters. The Morgan fingerprint density at radius 1 is 1.15 bits per heavy atom. The smallest absolute Gasteiger partial charge is 0.127 e. The number of benzene rings is 1. The van der Waals surface area contributed by atoms with Gasteiger partial charge in [-0.15, -0.1) is 0 Å². The van der Waals surface area contributed by atoms with Gasteiger partial charge in [0.25, 0.3) is 0 Å². The molecule has 2 heterocycles. The first-order chi connectivity index (χ1) is 12.6. The molecular formula is C20H24FN3O2. The quantitative estimate of drug-likeness (QED) is 0.879. The highest BCUT2D eigenvalue weighted by Gasteiger charge is 2.42. The van der Waals surface area contributed by atoms with E-state index in [1.807, 2.05) is 12.1 Å². The number of fused-ring (bicyclic) bond motifs is 1. The second kappa shape index (κ2) is 7.21. The highest BCUT2D eigenvalue weighted by atomic mass is 19.1. The lowest BCUT2D eigenvalue weighted by atomic mass is 9.78. The molecule has 4 rings (SSSR count). The van der Waals surface area contributed by atoms with Crippen LogP contribution in [0, 0.1) is 17.7 Å². The fourth-order valence-corrected chi connectivity index (χ4v) is 4.26. The maximum Gasteiger partial charge on any atom is 0.127 e. The van der Waals surface area contributed by atoms with Gasteiger partial charge in [0.2, 0.25) is 0 Å². The highest BCUT2D eigenvalue weighted by Crippen LogP contribution is 2.38. The zero-order chi connectivity index (χ0) is 18.1. The van der Waals surface area contributed by atoms with E-state index in [2.05, 4.69) is 9.88 Å². The summed E-state index contributed by atoms with van der Waals surface area (Å²) in [6.45, 7) is 2.71. The van der Waals surface area contributed by atoms with Crippen LogP contribution in [-0.2, 0) is 6.54 Å². The number of aliphatic hydroxyl groups is 1. The summed E-state index contributed by atoms with van der Waals surface area (Å²) in [6.07, 6.45) is 2.50. The summed E-state index contributed by atoms with van der Waals surface area (Å²) >= 11 is 0. The number of hydrogen-bond acceptors (Lipinski definition) is 5. The first kappa shape index (κ1) is 17.2. The molecule has 26 heavy (non-hydrogen) atoms. The monoisotopic (exact) mass is 357 g/mol. The van der Waals surface area contributed by atoms with Crippen LogP contribution in [0.3, 0.4) is 0 Å². The Morgan fingerprint density at radius 2 is 1.88 bits per heavy atom. The molecule has 0 bridgehead atoms. The SMILES string of the molecule is Nc1ncccc1CN1C[C@H]2C[C@@H](Oc3ccc(F)cc3)[C@H](O)C[C@H]2C1. The highest BCUT2D eigenvalue weighted by molar-refractivity contribution is 5.38. The molecule has 2 fully saturated rings. The number of hydrogen-bond donors (Lipinski definition) is 2. The van der Waals surface area contributed by atoms with Gasteiger partial charge >= 0.3 is 0 Å². The number of halogens is 1. The van der Waals surface area contributed by atoms with Crippen molar-refractivity contribution in [1.82, 2.24) is 9.88 Å². The number of likely N-dealkylation sites (tertiary alicyclic amines) is 1. The topological polar surface area (TPSA) is 71.6 Å². The average molecular weight is 357 g/mol. The van der Waals surface area contributed by atoms with Gasteiger partial charge in [-0.25, -0.2) is 9.37 Å². The Kier molecular flexibility index (Phi) is 4.78. The van der Waals surface area contributed by atoms with Gasteiger partial charge < -0.3 is 15.6 Å². The lowest BCUT2D eigenvalue weighted by molar-refractivity contribution is -0.0231. The summed E-state index contributed by atoms with van der Waals surface area (Å²) in [5.41, 5.74) is 7.01. The molecule has 1 aromatic heterocycles. The van der Waals surface area contributed by atoms with Crippen LogP contribution in [-0.4, -0.2) is 40.3 Å². The minimum Gasteiger partial charge on any atom is -0.488 e. The summed E-state index contributed by atoms with van der Waals surface area (Å²) in [5, 5.41) is 10.5. The summed E-state index contributed by atoms with van der Waals surface area (Å²) < 4.78 is 19.0. The number of nitrogens with two attached hydrogens (primary N) is 1. The number of nitrogen functional groups attached to an aromatic ring is 1. The fourth-order valence-electron chi connectivity index (χ4n) is 4.26. The van der Waals surface area contributed by atoms with E-state index in [4.69, 9.17) is 10.5 Å². The summed E-state index contributed by atoms with van der Waals surface area (Å²) in [5.74, 6) is 1.85. The maximum absolute atomic E-state index is 13.0. The van der Waals surface area contributed by atoms with Crippen molar-refractivity contribution in [2.75, 3.05) is 18.8 Å². The molecule has 138 valence electrons. The van der Waals surface area contributed by atoms with Crippen LogP contribution in [0.5, 0.6) is 5.75 Å². The van der Waals surface area contributed by atoms with Crippen LogP contribution >= 0.6 is 0 Å². The van der Waals surface area contributed by atoms with Gasteiger partial charge in [0, 0.05) is 31.4 Å². The summed E-state index contributed by atoms with van der Waals surface area (Å²) in [4.78, 5) is 6.54. The van der Waals surface area contributed by atoms with Gasteiger partial charge in [-0.05, 0) is 55.0 Å². The summed E-state index contributed by atoms with van der Waals surface area (Å²) in [7, 11) is 0. The van der Waals surface area contributed by atoms with E-state index in [0.29, 0.717) is 23.4 Å².